The van der Waals surface area contributed by atoms with E-state index < -0.39 is 0 Å². The zero-order valence-corrected chi connectivity index (χ0v) is 20.5. The van der Waals surface area contributed by atoms with Crippen molar-refractivity contribution in [2.75, 3.05) is 12.4 Å². The highest BCUT2D eigenvalue weighted by Gasteiger charge is 2.53. The smallest absolute Gasteiger partial charge is 0.157 e. The van der Waals surface area contributed by atoms with Crippen molar-refractivity contribution in [3.8, 4) is 28.1 Å². The lowest BCUT2D eigenvalue weighted by molar-refractivity contribution is 0.171. The Morgan fingerprint density at radius 3 is 2.86 bits per heavy atom. The molecule has 3 aliphatic rings. The van der Waals surface area contributed by atoms with E-state index in [1.807, 2.05) is 32.4 Å². The molecule has 0 radical (unpaired) electrons. The van der Waals surface area contributed by atoms with E-state index in [4.69, 9.17) is 14.2 Å². The summed E-state index contributed by atoms with van der Waals surface area (Å²) >= 11 is 0. The Kier molecular flexibility index (Phi) is 4.54. The fourth-order valence-corrected chi connectivity index (χ4v) is 7.49. The summed E-state index contributed by atoms with van der Waals surface area (Å²) in [6.45, 7) is 3.91. The van der Waals surface area contributed by atoms with Gasteiger partial charge in [0, 0.05) is 29.1 Å². The van der Waals surface area contributed by atoms with Crippen LogP contribution in [0.5, 0.6) is 5.75 Å². The molecule has 3 aliphatic carbocycles. The van der Waals surface area contributed by atoms with Gasteiger partial charge in [0.25, 0.3) is 0 Å². The minimum Gasteiger partial charge on any atom is -0.496 e. The average molecular weight is 470 g/mol. The summed E-state index contributed by atoms with van der Waals surface area (Å²) in [6, 6.07) is 6.29. The number of aryl methyl sites for hydroxylation is 2. The molecule has 3 saturated carbocycles. The molecule has 0 amide bonds. The van der Waals surface area contributed by atoms with Crippen molar-refractivity contribution in [2.45, 2.75) is 57.9 Å². The van der Waals surface area contributed by atoms with Crippen molar-refractivity contribution < 1.29 is 9.26 Å². The van der Waals surface area contributed by atoms with Gasteiger partial charge in [-0.1, -0.05) is 17.6 Å². The second kappa shape index (κ2) is 7.57. The summed E-state index contributed by atoms with van der Waals surface area (Å²) in [7, 11) is 1.72. The number of nitrogens with zero attached hydrogens (tertiary/aromatic N) is 4. The fraction of sp³-hybridized carbons (Fsp3) is 0.464. The van der Waals surface area contributed by atoms with Crippen LogP contribution in [0.3, 0.4) is 0 Å². The van der Waals surface area contributed by atoms with E-state index in [0.717, 1.165) is 68.8 Å². The molecule has 3 fully saturated rings. The average Bonchev–Trinajstić information content (AvgIpc) is 3.44. The second-order valence-corrected chi connectivity index (χ2v) is 10.9. The molecule has 4 unspecified atom stereocenters. The van der Waals surface area contributed by atoms with Crippen LogP contribution in [0, 0.1) is 31.6 Å². The van der Waals surface area contributed by atoms with Crippen LogP contribution in [-0.2, 0) is 0 Å². The highest BCUT2D eigenvalue weighted by Crippen LogP contribution is 2.58. The van der Waals surface area contributed by atoms with Crippen molar-refractivity contribution in [2.24, 2.45) is 17.8 Å². The van der Waals surface area contributed by atoms with Gasteiger partial charge >= 0.3 is 0 Å². The van der Waals surface area contributed by atoms with Crippen molar-refractivity contribution in [1.29, 1.82) is 0 Å². The molecule has 0 saturated heterocycles. The Hall–Kier alpha value is -3.35. The molecule has 7 heteroatoms. The topological polar surface area (TPSA) is 77.5 Å². The van der Waals surface area contributed by atoms with Gasteiger partial charge in [0.2, 0.25) is 0 Å². The van der Waals surface area contributed by atoms with Gasteiger partial charge in [-0.15, -0.1) is 0 Å². The first-order valence-corrected chi connectivity index (χ1v) is 12.8. The molecule has 1 aromatic carbocycles. The lowest BCUT2D eigenvalue weighted by Crippen LogP contribution is -2.41. The van der Waals surface area contributed by atoms with Gasteiger partial charge < -0.3 is 14.6 Å². The van der Waals surface area contributed by atoms with Crippen molar-refractivity contribution in [3.63, 3.8) is 0 Å². The molecule has 4 aromatic rings. The van der Waals surface area contributed by atoms with Gasteiger partial charge in [-0.05, 0) is 81.4 Å². The van der Waals surface area contributed by atoms with Crippen LogP contribution in [0.2, 0.25) is 0 Å². The molecule has 7 nitrogen and oxygen atoms in total. The molecular weight excluding hydrogens is 438 g/mol. The standard InChI is InChI=1S/C28H31N5O2/c1-16-25(17(2)35-32-16)19-6-7-22(23(11-19)34-3)26-27(33-9-8-29-15-24(33)30-26)31-28-12-18-4-5-20(13-28)21(10-18)14-28/h6-9,11,15,18,20-21,31H,4-5,10,12-14H2,1-3H3. The Morgan fingerprint density at radius 1 is 1.14 bits per heavy atom. The molecule has 3 aromatic heterocycles. The van der Waals surface area contributed by atoms with Gasteiger partial charge in [-0.3, -0.25) is 9.38 Å². The quantitative estimate of drug-likeness (QED) is 0.383. The SMILES string of the molecule is COc1cc(-c2c(C)noc2C)ccc1-c1nc2cnccn2c1NC12CC3CCC(C1)C(C3)C2. The molecule has 3 bridgehead atoms. The number of ether oxygens (including phenoxy) is 1. The van der Waals surface area contributed by atoms with E-state index in [1.54, 1.807) is 7.11 Å². The minimum absolute atomic E-state index is 0.159. The van der Waals surface area contributed by atoms with Gasteiger partial charge in [0.15, 0.2) is 5.65 Å². The molecule has 1 N–H and O–H groups in total. The zero-order chi connectivity index (χ0) is 23.7. The van der Waals surface area contributed by atoms with E-state index in [0.29, 0.717) is 0 Å². The third kappa shape index (κ3) is 3.20. The molecule has 4 atom stereocenters. The highest BCUT2D eigenvalue weighted by molar-refractivity contribution is 5.83. The summed E-state index contributed by atoms with van der Waals surface area (Å²) in [6.07, 6.45) is 13.7. The maximum Gasteiger partial charge on any atom is 0.157 e. The van der Waals surface area contributed by atoms with E-state index in [1.165, 1.54) is 38.5 Å². The molecule has 0 spiro atoms. The number of anilines is 1. The van der Waals surface area contributed by atoms with Crippen LogP contribution in [0.15, 0.2) is 41.3 Å². The van der Waals surface area contributed by atoms with Gasteiger partial charge in [-0.25, -0.2) is 4.98 Å². The van der Waals surface area contributed by atoms with Crippen molar-refractivity contribution in [3.05, 3.63) is 48.2 Å². The second-order valence-electron chi connectivity index (χ2n) is 10.9. The maximum absolute atomic E-state index is 5.92. The molecule has 7 rings (SSSR count). The monoisotopic (exact) mass is 469 g/mol. The third-order valence-corrected chi connectivity index (χ3v) is 8.83. The number of imidazole rings is 1. The number of methoxy groups -OCH3 is 1. The lowest BCUT2D eigenvalue weighted by Gasteiger charge is -2.40. The summed E-state index contributed by atoms with van der Waals surface area (Å²) in [5.41, 5.74) is 5.80. The first kappa shape index (κ1) is 21.0. The number of rotatable bonds is 5. The number of benzene rings is 1. The molecular formula is C28H31N5O2. The Bertz CT molecular complexity index is 1420. The predicted octanol–water partition coefficient (Wildman–Crippen LogP) is 6.06. The van der Waals surface area contributed by atoms with Gasteiger partial charge in [-0.2, -0.15) is 0 Å². The summed E-state index contributed by atoms with van der Waals surface area (Å²) in [5.74, 6) is 5.24. The van der Waals surface area contributed by atoms with Crippen LogP contribution in [-0.4, -0.2) is 32.2 Å². The minimum atomic E-state index is 0.159. The predicted molar refractivity (Wildman–Crippen MR) is 134 cm³/mol. The fourth-order valence-electron chi connectivity index (χ4n) is 7.49. The summed E-state index contributed by atoms with van der Waals surface area (Å²) in [5, 5.41) is 8.21. The maximum atomic E-state index is 5.92. The highest BCUT2D eigenvalue weighted by atomic mass is 16.5. The molecule has 180 valence electrons. The number of fused-ring (bicyclic) bond motifs is 3. The number of hydrogen-bond donors (Lipinski definition) is 1. The van der Waals surface area contributed by atoms with E-state index in [9.17, 15) is 0 Å². The molecule has 3 heterocycles. The van der Waals surface area contributed by atoms with Crippen LogP contribution >= 0.6 is 0 Å². The molecule has 35 heavy (non-hydrogen) atoms. The largest absolute Gasteiger partial charge is 0.496 e. The number of aromatic nitrogens is 4. The van der Waals surface area contributed by atoms with Crippen LogP contribution in [0.4, 0.5) is 5.82 Å². The Labute approximate surface area is 204 Å². The first-order chi connectivity index (χ1) is 17.0. The van der Waals surface area contributed by atoms with Gasteiger partial charge in [0.05, 0.1) is 19.0 Å². The summed E-state index contributed by atoms with van der Waals surface area (Å²) in [4.78, 5) is 9.38. The van der Waals surface area contributed by atoms with Crippen LogP contribution in [0.25, 0.3) is 28.0 Å². The summed E-state index contributed by atoms with van der Waals surface area (Å²) < 4.78 is 13.5. The number of hydrogen-bond acceptors (Lipinski definition) is 6. The van der Waals surface area contributed by atoms with Gasteiger partial charge in [0.1, 0.15) is 23.0 Å². The van der Waals surface area contributed by atoms with Crippen LogP contribution in [0.1, 0.15) is 50.0 Å². The first-order valence-electron chi connectivity index (χ1n) is 12.8. The van der Waals surface area contributed by atoms with E-state index >= 15 is 0 Å². The van der Waals surface area contributed by atoms with Crippen molar-refractivity contribution >= 4 is 11.5 Å². The number of nitrogens with one attached hydrogen (secondary N) is 1. The van der Waals surface area contributed by atoms with E-state index in [-0.39, 0.29) is 5.54 Å². The van der Waals surface area contributed by atoms with E-state index in [2.05, 4.69) is 38.1 Å². The molecule has 0 aliphatic heterocycles. The Morgan fingerprint density at radius 2 is 2.03 bits per heavy atom. The Balaban J connectivity index is 1.35. The lowest BCUT2D eigenvalue weighted by atomic mass is 9.70. The van der Waals surface area contributed by atoms with Crippen molar-refractivity contribution in [1.82, 2.24) is 19.5 Å². The third-order valence-electron chi connectivity index (χ3n) is 8.83. The zero-order valence-electron chi connectivity index (χ0n) is 20.5. The normalized spacial score (nSPS) is 27.0. The van der Waals surface area contributed by atoms with Crippen LogP contribution < -0.4 is 10.1 Å².